The zero-order chi connectivity index (χ0) is 16.2. The molecule has 1 aliphatic heterocycles. The molecule has 0 amide bonds. The smallest absolute Gasteiger partial charge is 0.132 e. The van der Waals surface area contributed by atoms with Crippen LogP contribution in [0.4, 0.5) is 5.69 Å². The number of hydrogen-bond acceptors (Lipinski definition) is 3. The Balaban J connectivity index is 1.86. The Morgan fingerprint density at radius 3 is 2.39 bits per heavy atom. The normalized spacial score (nSPS) is 17.8. The third-order valence-electron chi connectivity index (χ3n) is 4.24. The Hall–Kier alpha value is -2.26. The maximum absolute atomic E-state index is 6.30. The van der Waals surface area contributed by atoms with E-state index in [1.54, 1.807) is 7.11 Å². The molecular formula is C20H23NO2. The van der Waals surface area contributed by atoms with Crippen LogP contribution in [0, 0.1) is 6.92 Å². The highest BCUT2D eigenvalue weighted by Crippen LogP contribution is 2.34. The fraction of sp³-hybridized carbons (Fsp3) is 0.300. The fourth-order valence-corrected chi connectivity index (χ4v) is 2.81. The number of hydrogen-bond donors (Lipinski definition) is 0. The van der Waals surface area contributed by atoms with Crippen molar-refractivity contribution >= 4 is 5.69 Å². The van der Waals surface area contributed by atoms with Crippen LogP contribution in [0.1, 0.15) is 30.6 Å². The summed E-state index contributed by atoms with van der Waals surface area (Å²) in [5.41, 5.74) is 4.80. The van der Waals surface area contributed by atoms with E-state index in [2.05, 4.69) is 56.3 Å². The fourth-order valence-electron chi connectivity index (χ4n) is 2.81. The summed E-state index contributed by atoms with van der Waals surface area (Å²) in [5.74, 6) is 0.863. The summed E-state index contributed by atoms with van der Waals surface area (Å²) in [4.78, 5) is 6.30. The first-order valence-electron chi connectivity index (χ1n) is 8.05. The molecule has 3 heteroatoms. The molecule has 0 unspecified atom stereocenters. The monoisotopic (exact) mass is 309 g/mol. The quantitative estimate of drug-likeness (QED) is 0.755. The lowest BCUT2D eigenvalue weighted by atomic mass is 9.98. The number of nitrogens with zero attached hydrogens (tertiary/aromatic N) is 1. The van der Waals surface area contributed by atoms with Gasteiger partial charge in [0.1, 0.15) is 11.9 Å². The molecule has 2 aromatic carbocycles. The van der Waals surface area contributed by atoms with Gasteiger partial charge in [0, 0.05) is 0 Å². The molecule has 1 heterocycles. The van der Waals surface area contributed by atoms with Crippen LogP contribution in [0.3, 0.4) is 0 Å². The summed E-state index contributed by atoms with van der Waals surface area (Å²) in [5, 5.41) is 1.97. The van der Waals surface area contributed by atoms with Crippen molar-refractivity contribution in [3.63, 3.8) is 0 Å². The van der Waals surface area contributed by atoms with Gasteiger partial charge in [0.25, 0.3) is 0 Å². The molecule has 23 heavy (non-hydrogen) atoms. The molecular weight excluding hydrogens is 286 g/mol. The van der Waals surface area contributed by atoms with Gasteiger partial charge in [-0.1, -0.05) is 42.8 Å². The summed E-state index contributed by atoms with van der Waals surface area (Å²) < 4.78 is 5.25. The highest BCUT2D eigenvalue weighted by Gasteiger charge is 2.24. The number of methoxy groups -OCH3 is 1. The average molecular weight is 309 g/mol. The number of ether oxygens (including phenoxy) is 1. The number of aryl methyl sites for hydroxylation is 1. The van der Waals surface area contributed by atoms with Gasteiger partial charge in [0.05, 0.1) is 19.3 Å². The largest absolute Gasteiger partial charge is 0.497 e. The molecule has 1 atom stereocenters. The van der Waals surface area contributed by atoms with Crippen LogP contribution < -0.4 is 9.80 Å². The van der Waals surface area contributed by atoms with E-state index in [4.69, 9.17) is 9.57 Å². The van der Waals surface area contributed by atoms with Crippen LogP contribution in [0.2, 0.25) is 0 Å². The SMILES string of the molecule is CCC1=CCN(c2ccc(C)cc2)O[C@H]1c1ccc(OC)cc1. The first kappa shape index (κ1) is 15.6. The van der Waals surface area contributed by atoms with E-state index in [0.717, 1.165) is 30.0 Å². The molecule has 0 aromatic heterocycles. The van der Waals surface area contributed by atoms with E-state index in [1.807, 2.05) is 17.2 Å². The predicted molar refractivity (Wildman–Crippen MR) is 93.7 cm³/mol. The van der Waals surface area contributed by atoms with Gasteiger partial charge in [-0.25, -0.2) is 5.06 Å². The Bertz CT molecular complexity index is 674. The molecule has 0 fully saturated rings. The number of anilines is 1. The summed E-state index contributed by atoms with van der Waals surface area (Å²) in [7, 11) is 1.68. The van der Waals surface area contributed by atoms with Gasteiger partial charge in [-0.05, 0) is 48.7 Å². The third kappa shape index (κ3) is 3.40. The van der Waals surface area contributed by atoms with E-state index >= 15 is 0 Å². The molecule has 1 aliphatic rings. The zero-order valence-corrected chi connectivity index (χ0v) is 14.0. The Labute approximate surface area is 138 Å². The van der Waals surface area contributed by atoms with Gasteiger partial charge in [0.2, 0.25) is 0 Å². The maximum atomic E-state index is 6.30. The predicted octanol–water partition coefficient (Wildman–Crippen LogP) is 4.83. The van der Waals surface area contributed by atoms with Crippen molar-refractivity contribution in [2.75, 3.05) is 18.7 Å². The molecule has 0 saturated carbocycles. The van der Waals surface area contributed by atoms with Gasteiger partial charge in [-0.15, -0.1) is 0 Å². The van der Waals surface area contributed by atoms with E-state index in [9.17, 15) is 0 Å². The van der Waals surface area contributed by atoms with Crippen LogP contribution in [-0.4, -0.2) is 13.7 Å². The lowest BCUT2D eigenvalue weighted by molar-refractivity contribution is 0.0479. The van der Waals surface area contributed by atoms with E-state index < -0.39 is 0 Å². The zero-order valence-electron chi connectivity index (χ0n) is 14.0. The average Bonchev–Trinajstić information content (AvgIpc) is 2.62. The van der Waals surface area contributed by atoms with Crippen molar-refractivity contribution in [1.29, 1.82) is 0 Å². The summed E-state index contributed by atoms with van der Waals surface area (Å²) in [6.45, 7) is 5.04. The van der Waals surface area contributed by atoms with Crippen molar-refractivity contribution in [1.82, 2.24) is 0 Å². The van der Waals surface area contributed by atoms with E-state index in [0.29, 0.717) is 0 Å². The van der Waals surface area contributed by atoms with Gasteiger partial charge in [-0.2, -0.15) is 0 Å². The Morgan fingerprint density at radius 2 is 1.78 bits per heavy atom. The molecule has 0 radical (unpaired) electrons. The first-order valence-corrected chi connectivity index (χ1v) is 8.05. The van der Waals surface area contributed by atoms with Crippen molar-refractivity contribution in [3.8, 4) is 5.75 Å². The minimum Gasteiger partial charge on any atom is -0.497 e. The molecule has 0 bridgehead atoms. The van der Waals surface area contributed by atoms with E-state index in [1.165, 1.54) is 11.1 Å². The minimum absolute atomic E-state index is 0.0408. The van der Waals surface area contributed by atoms with E-state index in [-0.39, 0.29) is 6.10 Å². The topological polar surface area (TPSA) is 21.7 Å². The highest BCUT2D eigenvalue weighted by molar-refractivity contribution is 5.47. The number of rotatable bonds is 4. The summed E-state index contributed by atoms with van der Waals surface area (Å²) >= 11 is 0. The summed E-state index contributed by atoms with van der Waals surface area (Å²) in [6, 6.07) is 16.5. The van der Waals surface area contributed by atoms with Gasteiger partial charge >= 0.3 is 0 Å². The Kier molecular flexibility index (Phi) is 4.68. The third-order valence-corrected chi connectivity index (χ3v) is 4.24. The van der Waals surface area contributed by atoms with Crippen molar-refractivity contribution in [2.45, 2.75) is 26.4 Å². The van der Waals surface area contributed by atoms with Crippen LogP contribution >= 0.6 is 0 Å². The van der Waals surface area contributed by atoms with Crippen molar-refractivity contribution in [2.24, 2.45) is 0 Å². The molecule has 3 rings (SSSR count). The van der Waals surface area contributed by atoms with Gasteiger partial charge in [0.15, 0.2) is 0 Å². The second-order valence-electron chi connectivity index (χ2n) is 5.79. The lowest BCUT2D eigenvalue weighted by Gasteiger charge is -2.34. The van der Waals surface area contributed by atoms with Crippen LogP contribution in [0.15, 0.2) is 60.2 Å². The van der Waals surface area contributed by atoms with Crippen LogP contribution in [0.5, 0.6) is 5.75 Å². The minimum atomic E-state index is -0.0408. The van der Waals surface area contributed by atoms with Gasteiger partial charge < -0.3 is 4.74 Å². The van der Waals surface area contributed by atoms with Crippen molar-refractivity contribution in [3.05, 3.63) is 71.3 Å². The maximum Gasteiger partial charge on any atom is 0.132 e. The second kappa shape index (κ2) is 6.88. The summed E-state index contributed by atoms with van der Waals surface area (Å²) in [6.07, 6.45) is 3.22. The molecule has 0 saturated heterocycles. The highest BCUT2D eigenvalue weighted by atomic mass is 16.7. The van der Waals surface area contributed by atoms with Crippen LogP contribution in [-0.2, 0) is 4.84 Å². The molecule has 0 aliphatic carbocycles. The van der Waals surface area contributed by atoms with Gasteiger partial charge in [-0.3, -0.25) is 4.84 Å². The van der Waals surface area contributed by atoms with Crippen LogP contribution in [0.25, 0.3) is 0 Å². The second-order valence-corrected chi connectivity index (χ2v) is 5.79. The molecule has 0 N–H and O–H groups in total. The molecule has 0 spiro atoms. The Morgan fingerprint density at radius 1 is 1.09 bits per heavy atom. The lowest BCUT2D eigenvalue weighted by Crippen LogP contribution is -2.31. The molecule has 2 aromatic rings. The molecule has 120 valence electrons. The number of benzene rings is 2. The number of hydroxylamine groups is 1. The standard InChI is InChI=1S/C20H23NO2/c1-4-16-13-14-21(18-9-5-15(2)6-10-18)23-20(16)17-7-11-19(22-3)12-8-17/h5-13,20H,4,14H2,1-3H3/t20-/m1/s1. The van der Waals surface area contributed by atoms with Crippen molar-refractivity contribution < 1.29 is 9.57 Å². The first-order chi connectivity index (χ1) is 11.2. The molecule has 3 nitrogen and oxygen atoms in total.